The lowest BCUT2D eigenvalue weighted by molar-refractivity contribution is 0.152. The molecule has 1 N–H and O–H groups in total. The molecule has 106 valence electrons. The second kappa shape index (κ2) is 5.75. The zero-order valence-electron chi connectivity index (χ0n) is 11.7. The monoisotopic (exact) mass is 272 g/mol. The first kappa shape index (κ1) is 13.3. The van der Waals surface area contributed by atoms with Crippen LogP contribution < -0.4 is 0 Å². The molecule has 0 saturated heterocycles. The summed E-state index contributed by atoms with van der Waals surface area (Å²) in [5.41, 5.74) is 2.66. The lowest BCUT2D eigenvalue weighted by atomic mass is 9.83. The van der Waals surface area contributed by atoms with Gasteiger partial charge < -0.3 is 9.63 Å². The minimum Gasteiger partial charge on any atom is -0.385 e. The summed E-state index contributed by atoms with van der Waals surface area (Å²) in [5, 5.41) is 13.9. The van der Waals surface area contributed by atoms with E-state index >= 15 is 0 Å². The summed E-state index contributed by atoms with van der Waals surface area (Å²) in [6.07, 6.45) is 4.24. The Morgan fingerprint density at radius 1 is 1.40 bits per heavy atom. The van der Waals surface area contributed by atoms with Gasteiger partial charge in [0.2, 0.25) is 5.89 Å². The zero-order valence-corrected chi connectivity index (χ0v) is 11.7. The fourth-order valence-corrected chi connectivity index (χ4v) is 2.94. The van der Waals surface area contributed by atoms with E-state index in [0.717, 1.165) is 25.7 Å². The normalized spacial score (nSPS) is 19.6. The summed E-state index contributed by atoms with van der Waals surface area (Å²) in [4.78, 5) is 4.42. The van der Waals surface area contributed by atoms with Crippen LogP contribution in [0.15, 0.2) is 28.8 Å². The molecule has 4 heteroatoms. The summed E-state index contributed by atoms with van der Waals surface area (Å²) in [6.45, 7) is 2.03. The van der Waals surface area contributed by atoms with Gasteiger partial charge in [-0.1, -0.05) is 42.8 Å². The first-order valence-corrected chi connectivity index (χ1v) is 7.39. The summed E-state index contributed by atoms with van der Waals surface area (Å²) in [6, 6.07) is 8.45. The Hall–Kier alpha value is -1.68. The molecule has 0 saturated carbocycles. The molecule has 1 aromatic carbocycles. The number of rotatable bonds is 4. The van der Waals surface area contributed by atoms with Crippen LogP contribution in [0.5, 0.6) is 0 Å². The number of fused-ring (bicyclic) bond motifs is 1. The maximum Gasteiger partial charge on any atom is 0.234 e. The number of nitrogens with zero attached hydrogens (tertiary/aromatic N) is 2. The fourth-order valence-electron chi connectivity index (χ4n) is 2.94. The summed E-state index contributed by atoms with van der Waals surface area (Å²) in [5.74, 6) is 1.24. The van der Waals surface area contributed by atoms with Gasteiger partial charge in [-0.2, -0.15) is 4.98 Å². The Morgan fingerprint density at radius 3 is 3.10 bits per heavy atom. The van der Waals surface area contributed by atoms with Gasteiger partial charge in [0.1, 0.15) is 6.10 Å². The van der Waals surface area contributed by atoms with Gasteiger partial charge in [-0.3, -0.25) is 0 Å². The van der Waals surface area contributed by atoms with Crippen LogP contribution in [0.25, 0.3) is 0 Å². The Morgan fingerprint density at radius 2 is 2.25 bits per heavy atom. The lowest BCUT2D eigenvalue weighted by Gasteiger charge is -2.22. The Bertz CT molecular complexity index is 579. The van der Waals surface area contributed by atoms with Gasteiger partial charge in [0, 0.05) is 0 Å². The van der Waals surface area contributed by atoms with Crippen LogP contribution in [0, 0.1) is 0 Å². The molecule has 1 aliphatic rings. The molecule has 20 heavy (non-hydrogen) atoms. The second-order valence-electron chi connectivity index (χ2n) is 5.44. The molecule has 1 aliphatic carbocycles. The van der Waals surface area contributed by atoms with E-state index in [2.05, 4.69) is 34.4 Å². The quantitative estimate of drug-likeness (QED) is 0.927. The van der Waals surface area contributed by atoms with E-state index in [-0.39, 0.29) is 5.92 Å². The van der Waals surface area contributed by atoms with Gasteiger partial charge in [-0.25, -0.2) is 0 Å². The second-order valence-corrected chi connectivity index (χ2v) is 5.44. The number of aliphatic hydroxyl groups is 1. The molecular weight excluding hydrogens is 252 g/mol. The van der Waals surface area contributed by atoms with Crippen molar-refractivity contribution >= 4 is 0 Å². The van der Waals surface area contributed by atoms with Gasteiger partial charge >= 0.3 is 0 Å². The molecule has 0 spiro atoms. The van der Waals surface area contributed by atoms with Crippen molar-refractivity contribution in [1.29, 1.82) is 0 Å². The molecule has 4 nitrogen and oxygen atoms in total. The van der Waals surface area contributed by atoms with Crippen molar-refractivity contribution in [3.63, 3.8) is 0 Å². The number of aliphatic hydroxyl groups excluding tert-OH is 1. The average Bonchev–Trinajstić information content (AvgIpc) is 2.97. The van der Waals surface area contributed by atoms with Gasteiger partial charge in [-0.15, -0.1) is 0 Å². The van der Waals surface area contributed by atoms with E-state index in [1.165, 1.54) is 11.1 Å². The molecule has 0 bridgehead atoms. The largest absolute Gasteiger partial charge is 0.385 e. The lowest BCUT2D eigenvalue weighted by Crippen LogP contribution is -2.11. The van der Waals surface area contributed by atoms with Crippen molar-refractivity contribution < 1.29 is 9.63 Å². The molecule has 1 aromatic heterocycles. The van der Waals surface area contributed by atoms with Crippen molar-refractivity contribution in [2.75, 3.05) is 0 Å². The molecule has 2 aromatic rings. The standard InChI is InChI=1S/C16H20N2O2/c1-2-6-14(19)15-17-16(20-18-15)13-10-5-8-11-7-3-4-9-12(11)13/h3-4,7,9,13-14,19H,2,5-6,8,10H2,1H3. The summed E-state index contributed by atoms with van der Waals surface area (Å²) >= 11 is 0. The highest BCUT2D eigenvalue weighted by molar-refractivity contribution is 5.35. The van der Waals surface area contributed by atoms with Crippen LogP contribution in [0.4, 0.5) is 0 Å². The first-order chi connectivity index (χ1) is 9.79. The van der Waals surface area contributed by atoms with Crippen molar-refractivity contribution in [2.45, 2.75) is 51.0 Å². The van der Waals surface area contributed by atoms with Crippen LogP contribution in [0.2, 0.25) is 0 Å². The predicted octanol–water partition coefficient (Wildman–Crippen LogP) is 3.37. The highest BCUT2D eigenvalue weighted by Crippen LogP contribution is 2.36. The average molecular weight is 272 g/mol. The van der Waals surface area contributed by atoms with Crippen molar-refractivity contribution in [3.05, 3.63) is 47.1 Å². The number of benzene rings is 1. The third kappa shape index (κ3) is 2.48. The van der Waals surface area contributed by atoms with Gasteiger partial charge in [0.25, 0.3) is 0 Å². The summed E-state index contributed by atoms with van der Waals surface area (Å²) < 4.78 is 5.41. The van der Waals surface area contributed by atoms with E-state index < -0.39 is 6.10 Å². The van der Waals surface area contributed by atoms with E-state index in [1.54, 1.807) is 0 Å². The van der Waals surface area contributed by atoms with Gasteiger partial charge in [-0.05, 0) is 36.8 Å². The molecular formula is C16H20N2O2. The smallest absolute Gasteiger partial charge is 0.234 e. The topological polar surface area (TPSA) is 59.2 Å². The third-order valence-corrected chi connectivity index (χ3v) is 3.99. The Kier molecular flexibility index (Phi) is 3.83. The first-order valence-electron chi connectivity index (χ1n) is 7.39. The molecule has 1 heterocycles. The van der Waals surface area contributed by atoms with Gasteiger partial charge in [0.05, 0.1) is 5.92 Å². The number of aromatic nitrogens is 2. The van der Waals surface area contributed by atoms with E-state index in [4.69, 9.17) is 4.52 Å². The minimum absolute atomic E-state index is 0.176. The molecule has 2 unspecified atom stereocenters. The molecule has 3 rings (SSSR count). The van der Waals surface area contributed by atoms with E-state index in [9.17, 15) is 5.11 Å². The molecule has 0 aliphatic heterocycles. The SMILES string of the molecule is CCCC(O)c1noc(C2CCCc3ccccc32)n1. The van der Waals surface area contributed by atoms with Gasteiger partial charge in [0.15, 0.2) is 5.82 Å². The maximum atomic E-state index is 9.94. The molecule has 2 atom stereocenters. The van der Waals surface area contributed by atoms with Crippen molar-refractivity contribution in [3.8, 4) is 0 Å². The zero-order chi connectivity index (χ0) is 13.9. The Labute approximate surface area is 118 Å². The van der Waals surface area contributed by atoms with E-state index in [0.29, 0.717) is 18.1 Å². The highest BCUT2D eigenvalue weighted by Gasteiger charge is 2.27. The van der Waals surface area contributed by atoms with Crippen molar-refractivity contribution in [2.24, 2.45) is 0 Å². The number of hydrogen-bond acceptors (Lipinski definition) is 4. The van der Waals surface area contributed by atoms with E-state index in [1.807, 2.05) is 6.92 Å². The van der Waals surface area contributed by atoms with Crippen LogP contribution in [0.1, 0.15) is 67.5 Å². The maximum absolute atomic E-state index is 9.94. The number of aryl methyl sites for hydroxylation is 1. The van der Waals surface area contributed by atoms with Crippen LogP contribution in [-0.4, -0.2) is 15.2 Å². The van der Waals surface area contributed by atoms with Crippen LogP contribution in [-0.2, 0) is 6.42 Å². The Balaban J connectivity index is 1.87. The molecule has 0 fully saturated rings. The minimum atomic E-state index is -0.615. The van der Waals surface area contributed by atoms with Crippen LogP contribution in [0.3, 0.4) is 0 Å². The van der Waals surface area contributed by atoms with Crippen molar-refractivity contribution in [1.82, 2.24) is 10.1 Å². The molecule has 0 radical (unpaired) electrons. The third-order valence-electron chi connectivity index (χ3n) is 3.99. The van der Waals surface area contributed by atoms with Crippen LogP contribution >= 0.6 is 0 Å². The summed E-state index contributed by atoms with van der Waals surface area (Å²) in [7, 11) is 0. The molecule has 0 amide bonds. The highest BCUT2D eigenvalue weighted by atomic mass is 16.5. The predicted molar refractivity (Wildman–Crippen MR) is 75.4 cm³/mol. The fraction of sp³-hybridized carbons (Fsp3) is 0.500. The number of hydrogen-bond donors (Lipinski definition) is 1.